The summed E-state index contributed by atoms with van der Waals surface area (Å²) < 4.78 is 37.8. The van der Waals surface area contributed by atoms with E-state index in [9.17, 15) is 18.0 Å². The van der Waals surface area contributed by atoms with E-state index in [4.69, 9.17) is 0 Å². The van der Waals surface area contributed by atoms with Crippen LogP contribution in [0, 0.1) is 0 Å². The largest absolute Gasteiger partial charge is 0.403 e. The van der Waals surface area contributed by atoms with Crippen LogP contribution < -0.4 is 5.32 Å². The first-order chi connectivity index (χ1) is 8.89. The minimum absolute atomic E-state index is 0.0387. The Morgan fingerprint density at radius 3 is 2.37 bits per heavy atom. The fourth-order valence-corrected chi connectivity index (χ4v) is 2.65. The van der Waals surface area contributed by atoms with Gasteiger partial charge in [-0.25, -0.2) is 0 Å². The van der Waals surface area contributed by atoms with E-state index in [-0.39, 0.29) is 11.9 Å². The molecule has 2 fully saturated rings. The maximum Gasteiger partial charge on any atom is 0.403 e. The van der Waals surface area contributed by atoms with Crippen molar-refractivity contribution in [1.82, 2.24) is 15.1 Å². The Morgan fingerprint density at radius 1 is 1.26 bits per heavy atom. The Balaban J connectivity index is 1.83. The molecule has 0 radical (unpaired) electrons. The van der Waals surface area contributed by atoms with Gasteiger partial charge >= 0.3 is 6.18 Å². The summed E-state index contributed by atoms with van der Waals surface area (Å²) >= 11 is 0. The molecule has 0 aromatic heterocycles. The molecule has 0 aromatic carbocycles. The molecule has 4 nitrogen and oxygen atoms in total. The Labute approximate surface area is 110 Å². The van der Waals surface area contributed by atoms with Crippen molar-refractivity contribution in [2.45, 2.75) is 38.0 Å². The standard InChI is InChI=1S/C12H20F3N3O/c1-9(12(13,14)15)17-5-7-18(8-6-17)11(19)10-3-2-4-16-10/h9-10,16H,2-8H2,1H3/t9?,10-/m0/s1. The zero-order chi connectivity index (χ0) is 14.0. The van der Waals surface area contributed by atoms with E-state index in [1.165, 1.54) is 11.8 Å². The lowest BCUT2D eigenvalue weighted by Crippen LogP contribution is -2.57. The van der Waals surface area contributed by atoms with Crippen molar-refractivity contribution >= 4 is 5.91 Å². The number of hydrogen-bond acceptors (Lipinski definition) is 3. The predicted molar refractivity (Wildman–Crippen MR) is 64.7 cm³/mol. The SMILES string of the molecule is CC(N1CCN(C(=O)[C@@H]2CCCN2)CC1)C(F)(F)F. The molecule has 0 spiro atoms. The summed E-state index contributed by atoms with van der Waals surface area (Å²) in [5.41, 5.74) is 0. The van der Waals surface area contributed by atoms with Gasteiger partial charge < -0.3 is 10.2 Å². The number of nitrogens with zero attached hydrogens (tertiary/aromatic N) is 2. The number of piperazine rings is 1. The molecule has 1 N–H and O–H groups in total. The summed E-state index contributed by atoms with van der Waals surface area (Å²) in [5.74, 6) is 0.0387. The first kappa shape index (κ1) is 14.6. The predicted octanol–water partition coefficient (Wildman–Crippen LogP) is 0.833. The Morgan fingerprint density at radius 2 is 1.89 bits per heavy atom. The summed E-state index contributed by atoms with van der Waals surface area (Å²) in [4.78, 5) is 15.2. The molecule has 0 aliphatic carbocycles. The average molecular weight is 279 g/mol. The molecule has 2 aliphatic heterocycles. The highest BCUT2D eigenvalue weighted by Crippen LogP contribution is 2.25. The molecular formula is C12H20F3N3O. The van der Waals surface area contributed by atoms with Crippen LogP contribution in [0.1, 0.15) is 19.8 Å². The smallest absolute Gasteiger partial charge is 0.339 e. The number of carbonyl (C=O) groups excluding carboxylic acids is 1. The Bertz CT molecular complexity index is 321. The molecular weight excluding hydrogens is 259 g/mol. The zero-order valence-electron chi connectivity index (χ0n) is 11.0. The van der Waals surface area contributed by atoms with Crippen molar-refractivity contribution in [2.24, 2.45) is 0 Å². The first-order valence-corrected chi connectivity index (χ1v) is 6.72. The summed E-state index contributed by atoms with van der Waals surface area (Å²) in [6, 6.07) is -1.57. The summed E-state index contributed by atoms with van der Waals surface area (Å²) in [6.07, 6.45) is -2.38. The van der Waals surface area contributed by atoms with E-state index in [1.807, 2.05) is 0 Å². The number of amides is 1. The number of halogens is 3. The molecule has 1 amide bonds. The van der Waals surface area contributed by atoms with E-state index < -0.39 is 12.2 Å². The number of hydrogen-bond donors (Lipinski definition) is 1. The van der Waals surface area contributed by atoms with Gasteiger partial charge in [0, 0.05) is 26.2 Å². The molecule has 110 valence electrons. The van der Waals surface area contributed by atoms with Gasteiger partial charge in [0.2, 0.25) is 5.91 Å². The molecule has 19 heavy (non-hydrogen) atoms. The van der Waals surface area contributed by atoms with Crippen LogP contribution in [0.4, 0.5) is 13.2 Å². The third-order valence-electron chi connectivity index (χ3n) is 4.01. The van der Waals surface area contributed by atoms with Gasteiger partial charge in [-0.05, 0) is 26.3 Å². The van der Waals surface area contributed by atoms with Gasteiger partial charge in [0.25, 0.3) is 0 Å². The van der Waals surface area contributed by atoms with Gasteiger partial charge in [-0.2, -0.15) is 13.2 Å². The molecule has 7 heteroatoms. The second-order valence-corrected chi connectivity index (χ2v) is 5.23. The van der Waals surface area contributed by atoms with Crippen LogP contribution >= 0.6 is 0 Å². The van der Waals surface area contributed by atoms with Gasteiger partial charge in [0.15, 0.2) is 0 Å². The lowest BCUT2D eigenvalue weighted by Gasteiger charge is -2.39. The van der Waals surface area contributed by atoms with Crippen LogP contribution in [0.15, 0.2) is 0 Å². The van der Waals surface area contributed by atoms with Crippen LogP contribution in [0.25, 0.3) is 0 Å². The van der Waals surface area contributed by atoms with Gasteiger partial charge in [0.1, 0.15) is 6.04 Å². The van der Waals surface area contributed by atoms with Gasteiger partial charge in [-0.1, -0.05) is 0 Å². The van der Waals surface area contributed by atoms with Crippen LogP contribution in [0.3, 0.4) is 0 Å². The summed E-state index contributed by atoms with van der Waals surface area (Å²) in [7, 11) is 0. The molecule has 2 saturated heterocycles. The molecule has 0 bridgehead atoms. The van der Waals surface area contributed by atoms with Crippen LogP contribution in [0.2, 0.25) is 0 Å². The molecule has 2 rings (SSSR count). The van der Waals surface area contributed by atoms with E-state index in [0.717, 1.165) is 19.4 Å². The first-order valence-electron chi connectivity index (χ1n) is 6.72. The monoisotopic (exact) mass is 279 g/mol. The van der Waals surface area contributed by atoms with Gasteiger partial charge in [-0.15, -0.1) is 0 Å². The number of nitrogens with one attached hydrogen (secondary N) is 1. The third kappa shape index (κ3) is 3.39. The van der Waals surface area contributed by atoms with E-state index >= 15 is 0 Å². The van der Waals surface area contributed by atoms with Crippen LogP contribution in [0.5, 0.6) is 0 Å². The van der Waals surface area contributed by atoms with Crippen molar-refractivity contribution in [3.63, 3.8) is 0 Å². The second-order valence-electron chi connectivity index (χ2n) is 5.23. The number of rotatable bonds is 2. The van der Waals surface area contributed by atoms with Crippen molar-refractivity contribution in [1.29, 1.82) is 0 Å². The van der Waals surface area contributed by atoms with Crippen LogP contribution in [-0.2, 0) is 4.79 Å². The lowest BCUT2D eigenvalue weighted by molar-refractivity contribution is -0.183. The maximum atomic E-state index is 12.6. The van der Waals surface area contributed by atoms with Crippen molar-refractivity contribution < 1.29 is 18.0 Å². The highest BCUT2D eigenvalue weighted by atomic mass is 19.4. The Hall–Kier alpha value is -0.820. The third-order valence-corrected chi connectivity index (χ3v) is 4.01. The normalized spacial score (nSPS) is 27.6. The summed E-state index contributed by atoms with van der Waals surface area (Å²) in [5, 5.41) is 3.13. The van der Waals surface area contributed by atoms with Crippen LogP contribution in [-0.4, -0.2) is 66.7 Å². The maximum absolute atomic E-state index is 12.6. The topological polar surface area (TPSA) is 35.6 Å². The number of carbonyl (C=O) groups is 1. The minimum Gasteiger partial charge on any atom is -0.339 e. The van der Waals surface area contributed by atoms with E-state index in [2.05, 4.69) is 5.32 Å². The second kappa shape index (κ2) is 5.66. The molecule has 2 heterocycles. The zero-order valence-corrected chi connectivity index (χ0v) is 11.0. The minimum atomic E-state index is -4.20. The highest BCUT2D eigenvalue weighted by molar-refractivity contribution is 5.82. The molecule has 2 atom stereocenters. The Kier molecular flexibility index (Phi) is 4.35. The molecule has 0 aromatic rings. The van der Waals surface area contributed by atoms with Crippen molar-refractivity contribution in [3.8, 4) is 0 Å². The molecule has 1 unspecified atom stereocenters. The van der Waals surface area contributed by atoms with Crippen molar-refractivity contribution in [2.75, 3.05) is 32.7 Å². The van der Waals surface area contributed by atoms with Gasteiger partial charge in [0.05, 0.1) is 6.04 Å². The van der Waals surface area contributed by atoms with E-state index in [1.54, 1.807) is 4.90 Å². The highest BCUT2D eigenvalue weighted by Gasteiger charge is 2.41. The molecule has 2 aliphatic rings. The fourth-order valence-electron chi connectivity index (χ4n) is 2.65. The number of alkyl halides is 3. The molecule has 0 saturated carbocycles. The van der Waals surface area contributed by atoms with Crippen molar-refractivity contribution in [3.05, 3.63) is 0 Å². The summed E-state index contributed by atoms with van der Waals surface area (Å²) in [6.45, 7) is 3.38. The lowest BCUT2D eigenvalue weighted by atomic mass is 10.1. The fraction of sp³-hybridized carbons (Fsp3) is 0.917. The van der Waals surface area contributed by atoms with Gasteiger partial charge in [-0.3, -0.25) is 9.69 Å². The quantitative estimate of drug-likeness (QED) is 0.813. The average Bonchev–Trinajstić information content (AvgIpc) is 2.90. The van der Waals surface area contributed by atoms with E-state index in [0.29, 0.717) is 26.2 Å².